The number of aliphatic hydroxyl groups excluding tert-OH is 2. The van der Waals surface area contributed by atoms with Crippen molar-refractivity contribution < 1.29 is 20.1 Å². The molecule has 0 heterocycles. The quantitative estimate of drug-likeness (QED) is 0.682. The van der Waals surface area contributed by atoms with Gasteiger partial charge >= 0.3 is 5.97 Å². The highest BCUT2D eigenvalue weighted by atomic mass is 16.4. The molecule has 0 aromatic carbocycles. The molecule has 4 heteroatoms. The van der Waals surface area contributed by atoms with Crippen LogP contribution in [0, 0.1) is 22.7 Å². The maximum Gasteiger partial charge on any atom is 0.312 e. The lowest BCUT2D eigenvalue weighted by molar-refractivity contribution is -0.173. The Morgan fingerprint density at radius 2 is 2.11 bits per heavy atom. The summed E-state index contributed by atoms with van der Waals surface area (Å²) in [4.78, 5) is 11.7. The fourth-order valence-electron chi connectivity index (χ4n) is 4.61. The van der Waals surface area contributed by atoms with Gasteiger partial charge in [-0.1, -0.05) is 25.5 Å². The van der Waals surface area contributed by atoms with E-state index in [9.17, 15) is 20.1 Å². The molecular weight excluding hydrogens is 244 g/mol. The van der Waals surface area contributed by atoms with Gasteiger partial charge in [0.15, 0.2) is 0 Å². The third kappa shape index (κ3) is 1.93. The Bertz CT molecular complexity index is 392. The zero-order valence-corrected chi connectivity index (χ0v) is 11.6. The van der Waals surface area contributed by atoms with Crippen LogP contribution in [-0.2, 0) is 4.79 Å². The van der Waals surface area contributed by atoms with Gasteiger partial charge in [0.25, 0.3) is 0 Å². The standard InChI is InChI=1S/C15H24O4/c1-10-4-5-12-14(2,11(10)8-16)6-3-7-15(12,9-17)13(18)19/h11-12,16-17H,1,3-9H2,2H3,(H,18,19)/t11-,12-,14+,15-/m0/s1. The summed E-state index contributed by atoms with van der Waals surface area (Å²) in [7, 11) is 0. The minimum Gasteiger partial charge on any atom is -0.481 e. The first-order chi connectivity index (χ1) is 8.92. The maximum atomic E-state index is 11.7. The molecule has 0 unspecified atom stereocenters. The number of carboxylic acids is 1. The van der Waals surface area contributed by atoms with Crippen molar-refractivity contribution in [2.24, 2.45) is 22.7 Å². The van der Waals surface area contributed by atoms with Crippen LogP contribution in [0.4, 0.5) is 0 Å². The zero-order chi connectivity index (χ0) is 14.3. The molecule has 2 aliphatic carbocycles. The van der Waals surface area contributed by atoms with Crippen molar-refractivity contribution in [1.82, 2.24) is 0 Å². The van der Waals surface area contributed by atoms with E-state index in [4.69, 9.17) is 0 Å². The molecule has 0 radical (unpaired) electrons. The van der Waals surface area contributed by atoms with E-state index in [-0.39, 0.29) is 30.5 Å². The minimum atomic E-state index is -1.04. The van der Waals surface area contributed by atoms with Crippen LogP contribution >= 0.6 is 0 Å². The van der Waals surface area contributed by atoms with E-state index < -0.39 is 11.4 Å². The van der Waals surface area contributed by atoms with Gasteiger partial charge in [-0.05, 0) is 37.0 Å². The number of aliphatic hydroxyl groups is 2. The monoisotopic (exact) mass is 268 g/mol. The third-order valence-electron chi connectivity index (χ3n) is 5.74. The molecule has 2 aliphatic rings. The molecule has 108 valence electrons. The van der Waals surface area contributed by atoms with Crippen molar-refractivity contribution in [2.45, 2.75) is 39.0 Å². The van der Waals surface area contributed by atoms with Gasteiger partial charge in [-0.15, -0.1) is 0 Å². The SMILES string of the molecule is C=C1CC[C@@H]2[C@](CO)(C(=O)O)CCC[C@]2(C)[C@H]1CO. The van der Waals surface area contributed by atoms with Crippen molar-refractivity contribution in [3.63, 3.8) is 0 Å². The first-order valence-corrected chi connectivity index (χ1v) is 7.05. The van der Waals surface area contributed by atoms with E-state index in [1.807, 2.05) is 0 Å². The van der Waals surface area contributed by atoms with E-state index in [1.165, 1.54) is 0 Å². The van der Waals surface area contributed by atoms with Crippen LogP contribution in [0.15, 0.2) is 12.2 Å². The van der Waals surface area contributed by atoms with Crippen molar-refractivity contribution in [3.8, 4) is 0 Å². The predicted octanol–water partition coefficient (Wildman–Crippen LogP) is 1.81. The largest absolute Gasteiger partial charge is 0.481 e. The number of rotatable bonds is 3. The second kappa shape index (κ2) is 4.91. The molecule has 2 fully saturated rings. The number of carbonyl (C=O) groups is 1. The fraction of sp³-hybridized carbons (Fsp3) is 0.800. The van der Waals surface area contributed by atoms with Crippen LogP contribution < -0.4 is 0 Å². The Morgan fingerprint density at radius 1 is 1.42 bits per heavy atom. The molecule has 19 heavy (non-hydrogen) atoms. The Balaban J connectivity index is 2.45. The smallest absolute Gasteiger partial charge is 0.312 e. The van der Waals surface area contributed by atoms with Crippen molar-refractivity contribution >= 4 is 5.97 Å². The lowest BCUT2D eigenvalue weighted by Gasteiger charge is -2.57. The molecule has 0 amide bonds. The van der Waals surface area contributed by atoms with Gasteiger partial charge in [0.2, 0.25) is 0 Å². The first kappa shape index (κ1) is 14.5. The van der Waals surface area contributed by atoms with Crippen LogP contribution in [0.2, 0.25) is 0 Å². The number of carboxylic acid groups (broad SMARTS) is 1. The summed E-state index contributed by atoms with van der Waals surface area (Å²) in [5.74, 6) is -1.02. The van der Waals surface area contributed by atoms with E-state index in [2.05, 4.69) is 13.5 Å². The molecule has 2 rings (SSSR count). The fourth-order valence-corrected chi connectivity index (χ4v) is 4.61. The molecule has 0 aliphatic heterocycles. The summed E-state index contributed by atoms with van der Waals surface area (Å²) in [6.07, 6.45) is 3.71. The van der Waals surface area contributed by atoms with Gasteiger partial charge in [-0.2, -0.15) is 0 Å². The topological polar surface area (TPSA) is 77.8 Å². The number of hydrogen-bond donors (Lipinski definition) is 3. The predicted molar refractivity (Wildman–Crippen MR) is 71.6 cm³/mol. The van der Waals surface area contributed by atoms with E-state index >= 15 is 0 Å². The number of hydrogen-bond acceptors (Lipinski definition) is 3. The van der Waals surface area contributed by atoms with Gasteiger partial charge in [0.1, 0.15) is 0 Å². The second-order valence-electron chi connectivity index (χ2n) is 6.46. The Morgan fingerprint density at radius 3 is 2.63 bits per heavy atom. The van der Waals surface area contributed by atoms with Gasteiger partial charge in [0.05, 0.1) is 18.6 Å². The molecule has 0 aromatic heterocycles. The van der Waals surface area contributed by atoms with Crippen LogP contribution in [0.25, 0.3) is 0 Å². The van der Waals surface area contributed by atoms with Crippen molar-refractivity contribution in [1.29, 1.82) is 0 Å². The molecule has 0 saturated heterocycles. The summed E-state index contributed by atoms with van der Waals surface area (Å²) < 4.78 is 0. The average Bonchev–Trinajstić information content (AvgIpc) is 2.36. The molecule has 0 bridgehead atoms. The highest BCUT2D eigenvalue weighted by Crippen LogP contribution is 2.60. The molecular formula is C15H24O4. The number of fused-ring (bicyclic) bond motifs is 1. The molecule has 4 atom stereocenters. The Labute approximate surface area is 114 Å². The van der Waals surface area contributed by atoms with Crippen LogP contribution in [0.1, 0.15) is 39.0 Å². The summed E-state index contributed by atoms with van der Waals surface area (Å²) >= 11 is 0. The Hall–Kier alpha value is -0.870. The van der Waals surface area contributed by atoms with Crippen LogP contribution in [0.5, 0.6) is 0 Å². The van der Waals surface area contributed by atoms with E-state index in [1.54, 1.807) is 0 Å². The molecule has 2 saturated carbocycles. The van der Waals surface area contributed by atoms with Crippen LogP contribution in [-0.4, -0.2) is 34.5 Å². The molecule has 3 N–H and O–H groups in total. The van der Waals surface area contributed by atoms with Crippen LogP contribution in [0.3, 0.4) is 0 Å². The van der Waals surface area contributed by atoms with Gasteiger partial charge in [-0.3, -0.25) is 4.79 Å². The highest BCUT2D eigenvalue weighted by Gasteiger charge is 2.59. The van der Waals surface area contributed by atoms with E-state index in [0.717, 1.165) is 31.3 Å². The third-order valence-corrected chi connectivity index (χ3v) is 5.74. The summed E-state index contributed by atoms with van der Waals surface area (Å²) in [6.45, 7) is 5.82. The van der Waals surface area contributed by atoms with Crippen molar-refractivity contribution in [3.05, 3.63) is 12.2 Å². The maximum absolute atomic E-state index is 11.7. The average molecular weight is 268 g/mol. The Kier molecular flexibility index (Phi) is 3.76. The van der Waals surface area contributed by atoms with Gasteiger partial charge in [-0.25, -0.2) is 0 Å². The molecule has 0 spiro atoms. The normalized spacial score (nSPS) is 42.8. The number of aliphatic carboxylic acids is 1. The highest BCUT2D eigenvalue weighted by molar-refractivity contribution is 5.75. The summed E-state index contributed by atoms with van der Waals surface area (Å²) in [5, 5.41) is 29.0. The zero-order valence-electron chi connectivity index (χ0n) is 11.6. The molecule has 4 nitrogen and oxygen atoms in total. The lowest BCUT2D eigenvalue weighted by atomic mass is 9.47. The van der Waals surface area contributed by atoms with Crippen molar-refractivity contribution in [2.75, 3.05) is 13.2 Å². The van der Waals surface area contributed by atoms with Gasteiger partial charge < -0.3 is 15.3 Å². The molecule has 0 aromatic rings. The second-order valence-corrected chi connectivity index (χ2v) is 6.46. The lowest BCUT2D eigenvalue weighted by Crippen LogP contribution is -2.56. The summed E-state index contributed by atoms with van der Waals surface area (Å²) in [5.41, 5.74) is -0.273. The first-order valence-electron chi connectivity index (χ1n) is 7.05. The van der Waals surface area contributed by atoms with Gasteiger partial charge in [0, 0.05) is 5.92 Å². The minimum absolute atomic E-state index is 0.0208. The summed E-state index contributed by atoms with van der Waals surface area (Å²) in [6, 6.07) is 0. The van der Waals surface area contributed by atoms with E-state index in [0.29, 0.717) is 6.42 Å².